The predicted molar refractivity (Wildman–Crippen MR) is 75.0 cm³/mol. The summed E-state index contributed by atoms with van der Waals surface area (Å²) in [6.07, 6.45) is 3.67. The lowest BCUT2D eigenvalue weighted by atomic mass is 10.1. The first-order valence-corrected chi connectivity index (χ1v) is 6.94. The number of hydrogen-bond acceptors (Lipinski definition) is 2. The molecule has 18 heavy (non-hydrogen) atoms. The molecule has 1 fully saturated rings. The number of nitrogens with zero attached hydrogens (tertiary/aromatic N) is 1. The molecule has 1 aromatic carbocycles. The molecule has 0 amide bonds. The molecule has 0 saturated heterocycles. The van der Waals surface area contributed by atoms with Crippen LogP contribution < -0.4 is 0 Å². The zero-order valence-electron chi connectivity index (χ0n) is 11.6. The van der Waals surface area contributed by atoms with Crippen LogP contribution in [-0.2, 0) is 6.42 Å². The standard InChI is InChI=1S/C16H23NO/c1-4-13-5-7-15(8-6-13)16(18)11-17(3)12(2)14-9-10-14/h5-8,12,14H,4,9-11H2,1-3H3. The third-order valence-electron chi connectivity index (χ3n) is 4.08. The molecule has 2 heteroatoms. The van der Waals surface area contributed by atoms with Crippen LogP contribution in [0.2, 0.25) is 0 Å². The monoisotopic (exact) mass is 245 g/mol. The van der Waals surface area contributed by atoms with Gasteiger partial charge in [0.2, 0.25) is 0 Å². The molecule has 1 atom stereocenters. The maximum Gasteiger partial charge on any atom is 0.176 e. The van der Waals surface area contributed by atoms with E-state index in [1.807, 2.05) is 12.1 Å². The Balaban J connectivity index is 1.93. The zero-order valence-corrected chi connectivity index (χ0v) is 11.6. The third kappa shape index (κ3) is 3.20. The van der Waals surface area contributed by atoms with Crippen molar-refractivity contribution in [3.05, 3.63) is 35.4 Å². The summed E-state index contributed by atoms with van der Waals surface area (Å²) in [4.78, 5) is 14.3. The van der Waals surface area contributed by atoms with Crippen molar-refractivity contribution in [2.75, 3.05) is 13.6 Å². The van der Waals surface area contributed by atoms with Gasteiger partial charge in [-0.3, -0.25) is 9.69 Å². The number of hydrogen-bond donors (Lipinski definition) is 0. The van der Waals surface area contributed by atoms with Crippen LogP contribution in [0.5, 0.6) is 0 Å². The molecule has 0 radical (unpaired) electrons. The van der Waals surface area contributed by atoms with Gasteiger partial charge in [-0.2, -0.15) is 0 Å². The van der Waals surface area contributed by atoms with E-state index in [1.165, 1.54) is 18.4 Å². The second kappa shape index (κ2) is 5.66. The molecule has 1 unspecified atom stereocenters. The number of ketones is 1. The Hall–Kier alpha value is -1.15. The van der Waals surface area contributed by atoms with Crippen LogP contribution in [0.4, 0.5) is 0 Å². The van der Waals surface area contributed by atoms with Gasteiger partial charge in [0, 0.05) is 11.6 Å². The average Bonchev–Trinajstić information content (AvgIpc) is 3.22. The Morgan fingerprint density at radius 2 is 1.94 bits per heavy atom. The summed E-state index contributed by atoms with van der Waals surface area (Å²) in [6, 6.07) is 8.55. The van der Waals surface area contributed by atoms with Gasteiger partial charge in [0.1, 0.15) is 0 Å². The van der Waals surface area contributed by atoms with Crippen LogP contribution >= 0.6 is 0 Å². The number of likely N-dealkylation sites (N-methyl/N-ethyl adjacent to an activating group) is 1. The molecule has 1 aromatic rings. The van der Waals surface area contributed by atoms with E-state index in [0.29, 0.717) is 12.6 Å². The van der Waals surface area contributed by atoms with Crippen LogP contribution in [-0.4, -0.2) is 30.3 Å². The number of carbonyl (C=O) groups is 1. The number of Topliss-reactive ketones (excluding diaryl/α,β-unsaturated/α-hetero) is 1. The first kappa shape index (κ1) is 13.3. The third-order valence-corrected chi connectivity index (χ3v) is 4.08. The molecule has 1 aliphatic rings. The number of carbonyl (C=O) groups excluding carboxylic acids is 1. The van der Waals surface area contributed by atoms with Crippen LogP contribution in [0.25, 0.3) is 0 Å². The average molecular weight is 245 g/mol. The van der Waals surface area contributed by atoms with Crippen molar-refractivity contribution >= 4 is 5.78 Å². The highest BCUT2D eigenvalue weighted by molar-refractivity contribution is 5.97. The van der Waals surface area contributed by atoms with Gasteiger partial charge in [0.25, 0.3) is 0 Å². The molecular formula is C16H23NO. The Morgan fingerprint density at radius 1 is 1.33 bits per heavy atom. The Morgan fingerprint density at radius 3 is 2.44 bits per heavy atom. The Kier molecular flexibility index (Phi) is 4.18. The van der Waals surface area contributed by atoms with Gasteiger partial charge in [-0.1, -0.05) is 31.2 Å². The Labute approximate surface area is 110 Å². The van der Waals surface area contributed by atoms with Gasteiger partial charge in [0.05, 0.1) is 6.54 Å². The highest BCUT2D eigenvalue weighted by Crippen LogP contribution is 2.34. The van der Waals surface area contributed by atoms with E-state index in [2.05, 4.69) is 37.9 Å². The van der Waals surface area contributed by atoms with Crippen molar-refractivity contribution in [1.29, 1.82) is 0 Å². The van der Waals surface area contributed by atoms with Crippen molar-refractivity contribution in [2.45, 2.75) is 39.2 Å². The maximum absolute atomic E-state index is 12.2. The topological polar surface area (TPSA) is 20.3 Å². The van der Waals surface area contributed by atoms with Crippen LogP contribution in [0.1, 0.15) is 42.6 Å². The summed E-state index contributed by atoms with van der Waals surface area (Å²) in [5, 5.41) is 0. The van der Waals surface area contributed by atoms with Gasteiger partial charge < -0.3 is 0 Å². The summed E-state index contributed by atoms with van der Waals surface area (Å²) in [6.45, 7) is 4.89. The first-order chi connectivity index (χ1) is 8.61. The molecule has 98 valence electrons. The first-order valence-electron chi connectivity index (χ1n) is 6.94. The van der Waals surface area contributed by atoms with E-state index in [0.717, 1.165) is 17.9 Å². The van der Waals surface area contributed by atoms with Crippen molar-refractivity contribution in [1.82, 2.24) is 4.90 Å². The van der Waals surface area contributed by atoms with Gasteiger partial charge in [-0.05, 0) is 44.7 Å². The van der Waals surface area contributed by atoms with Gasteiger partial charge in [-0.15, -0.1) is 0 Å². The minimum absolute atomic E-state index is 0.229. The molecule has 0 N–H and O–H groups in total. The second-order valence-electron chi connectivity index (χ2n) is 5.47. The molecule has 0 bridgehead atoms. The molecule has 1 saturated carbocycles. The van der Waals surface area contributed by atoms with Crippen LogP contribution in [0.15, 0.2) is 24.3 Å². The minimum atomic E-state index is 0.229. The largest absolute Gasteiger partial charge is 0.296 e. The zero-order chi connectivity index (χ0) is 13.1. The maximum atomic E-state index is 12.2. The fourth-order valence-corrected chi connectivity index (χ4v) is 2.33. The van der Waals surface area contributed by atoms with E-state index in [4.69, 9.17) is 0 Å². The smallest absolute Gasteiger partial charge is 0.176 e. The number of benzene rings is 1. The van der Waals surface area contributed by atoms with Crippen molar-refractivity contribution in [2.24, 2.45) is 5.92 Å². The summed E-state index contributed by atoms with van der Waals surface area (Å²) in [5.74, 6) is 1.04. The van der Waals surface area contributed by atoms with E-state index < -0.39 is 0 Å². The quantitative estimate of drug-likeness (QED) is 0.718. The van der Waals surface area contributed by atoms with Gasteiger partial charge in [-0.25, -0.2) is 0 Å². The molecule has 2 nitrogen and oxygen atoms in total. The van der Waals surface area contributed by atoms with Crippen molar-refractivity contribution in [3.63, 3.8) is 0 Å². The predicted octanol–water partition coefficient (Wildman–Crippen LogP) is 3.16. The Bertz CT molecular complexity index is 406. The molecule has 2 rings (SSSR count). The highest BCUT2D eigenvalue weighted by Gasteiger charge is 2.31. The molecule has 0 aromatic heterocycles. The SMILES string of the molecule is CCc1ccc(C(=O)CN(C)C(C)C2CC2)cc1. The fraction of sp³-hybridized carbons (Fsp3) is 0.562. The molecule has 0 heterocycles. The second-order valence-corrected chi connectivity index (χ2v) is 5.47. The summed E-state index contributed by atoms with van der Waals surface area (Å²) in [7, 11) is 2.06. The summed E-state index contributed by atoms with van der Waals surface area (Å²) in [5.41, 5.74) is 2.12. The number of aryl methyl sites for hydroxylation is 1. The summed E-state index contributed by atoms with van der Waals surface area (Å²) >= 11 is 0. The van der Waals surface area contributed by atoms with Crippen LogP contribution in [0.3, 0.4) is 0 Å². The van der Waals surface area contributed by atoms with E-state index in [1.54, 1.807) is 0 Å². The molecular weight excluding hydrogens is 222 g/mol. The fourth-order valence-electron chi connectivity index (χ4n) is 2.33. The van der Waals surface area contributed by atoms with Crippen molar-refractivity contribution < 1.29 is 4.79 Å². The van der Waals surface area contributed by atoms with E-state index in [9.17, 15) is 4.79 Å². The number of rotatable bonds is 6. The van der Waals surface area contributed by atoms with Crippen molar-refractivity contribution in [3.8, 4) is 0 Å². The van der Waals surface area contributed by atoms with E-state index >= 15 is 0 Å². The normalized spacial score (nSPS) is 16.9. The van der Waals surface area contributed by atoms with Gasteiger partial charge in [0.15, 0.2) is 5.78 Å². The molecule has 0 spiro atoms. The molecule has 0 aliphatic heterocycles. The van der Waals surface area contributed by atoms with Crippen LogP contribution in [0, 0.1) is 5.92 Å². The lowest BCUT2D eigenvalue weighted by molar-refractivity contribution is 0.0917. The van der Waals surface area contributed by atoms with Gasteiger partial charge >= 0.3 is 0 Å². The summed E-state index contributed by atoms with van der Waals surface area (Å²) < 4.78 is 0. The lowest BCUT2D eigenvalue weighted by Crippen LogP contribution is -2.35. The molecule has 1 aliphatic carbocycles. The minimum Gasteiger partial charge on any atom is -0.296 e. The van der Waals surface area contributed by atoms with E-state index in [-0.39, 0.29) is 5.78 Å². The highest BCUT2D eigenvalue weighted by atomic mass is 16.1. The lowest BCUT2D eigenvalue weighted by Gasteiger charge is -2.23.